The summed E-state index contributed by atoms with van der Waals surface area (Å²) in [6.45, 7) is 0. The molecule has 0 aliphatic rings. The highest BCUT2D eigenvalue weighted by Crippen LogP contribution is 2.29. The summed E-state index contributed by atoms with van der Waals surface area (Å²) in [5, 5.41) is 2.32. The molecule has 0 aromatic heterocycles. The maximum absolute atomic E-state index is 14.0. The number of halogens is 2. The van der Waals surface area contributed by atoms with Crippen molar-refractivity contribution in [2.24, 2.45) is 0 Å². The Balaban J connectivity index is 1.91. The topological polar surface area (TPSA) is 93.7 Å². The third-order valence-electron chi connectivity index (χ3n) is 4.75. The summed E-state index contributed by atoms with van der Waals surface area (Å²) in [4.78, 5) is 12.8. The molecule has 7 nitrogen and oxygen atoms in total. The van der Waals surface area contributed by atoms with Crippen LogP contribution in [0, 0.1) is 11.6 Å². The molecule has 0 saturated heterocycles. The number of methoxy groups -OCH3 is 2. The second-order valence-corrected chi connectivity index (χ2v) is 8.71. The molecule has 0 unspecified atom stereocenters. The van der Waals surface area contributed by atoms with Crippen LogP contribution in [0.4, 0.5) is 14.5 Å². The zero-order valence-electron chi connectivity index (χ0n) is 17.8. The van der Waals surface area contributed by atoms with Crippen LogP contribution in [0.3, 0.4) is 0 Å². The van der Waals surface area contributed by atoms with Crippen LogP contribution < -0.4 is 19.5 Å². The van der Waals surface area contributed by atoms with E-state index in [1.807, 2.05) is 0 Å². The van der Waals surface area contributed by atoms with E-state index in [1.54, 1.807) is 30.3 Å². The van der Waals surface area contributed by atoms with Gasteiger partial charge in [-0.25, -0.2) is 17.2 Å². The van der Waals surface area contributed by atoms with Crippen LogP contribution in [0.1, 0.15) is 5.56 Å². The summed E-state index contributed by atoms with van der Waals surface area (Å²) >= 11 is 0. The molecule has 174 valence electrons. The van der Waals surface area contributed by atoms with Gasteiger partial charge in [-0.3, -0.25) is 4.79 Å². The van der Waals surface area contributed by atoms with Crippen LogP contribution >= 0.6 is 0 Å². The Morgan fingerprint density at radius 3 is 2.27 bits per heavy atom. The number of carbonyl (C=O) groups is 1. The molecule has 0 fully saturated rings. The van der Waals surface area contributed by atoms with Gasteiger partial charge in [0.25, 0.3) is 0 Å². The number of benzene rings is 3. The lowest BCUT2D eigenvalue weighted by Gasteiger charge is -2.19. The first-order valence-corrected chi connectivity index (χ1v) is 11.3. The third kappa shape index (κ3) is 6.05. The minimum absolute atomic E-state index is 0.0119. The maximum atomic E-state index is 14.0. The molecule has 1 atom stereocenters. The van der Waals surface area contributed by atoms with Gasteiger partial charge in [0.1, 0.15) is 17.7 Å². The SMILES string of the molecule is COc1ccc(S(=O)(=O)N[C@H](Cc2ccccc2)C(=O)Nc2ccc(F)cc2F)cc1OC. The number of rotatable bonds is 9. The molecule has 3 rings (SSSR count). The largest absolute Gasteiger partial charge is 0.493 e. The molecule has 0 spiro atoms. The summed E-state index contributed by atoms with van der Waals surface area (Å²) in [7, 11) is -1.41. The van der Waals surface area contributed by atoms with Gasteiger partial charge >= 0.3 is 0 Å². The van der Waals surface area contributed by atoms with E-state index in [9.17, 15) is 22.0 Å². The van der Waals surface area contributed by atoms with E-state index >= 15 is 0 Å². The van der Waals surface area contributed by atoms with Gasteiger partial charge in [0, 0.05) is 12.1 Å². The van der Waals surface area contributed by atoms with Crippen molar-refractivity contribution < 1.29 is 31.5 Å². The summed E-state index contributed by atoms with van der Waals surface area (Å²) in [6.07, 6.45) is -0.0119. The first kappa shape index (κ1) is 24.1. The van der Waals surface area contributed by atoms with Gasteiger partial charge in [-0.1, -0.05) is 30.3 Å². The fraction of sp³-hybridized carbons (Fsp3) is 0.174. The van der Waals surface area contributed by atoms with Crippen LogP contribution in [-0.4, -0.2) is 34.6 Å². The van der Waals surface area contributed by atoms with Gasteiger partial charge in [-0.05, 0) is 36.2 Å². The molecule has 0 saturated carbocycles. The molecule has 1 amide bonds. The molecule has 2 N–H and O–H groups in total. The Morgan fingerprint density at radius 2 is 1.64 bits per heavy atom. The second-order valence-electron chi connectivity index (χ2n) is 6.99. The zero-order valence-corrected chi connectivity index (χ0v) is 18.7. The summed E-state index contributed by atoms with van der Waals surface area (Å²) in [5.41, 5.74) is 0.400. The molecule has 0 aliphatic heterocycles. The molecule has 0 bridgehead atoms. The highest BCUT2D eigenvalue weighted by Gasteiger charge is 2.27. The molecule has 0 heterocycles. The average Bonchev–Trinajstić information content (AvgIpc) is 2.80. The van der Waals surface area contributed by atoms with Crippen LogP contribution in [0.25, 0.3) is 0 Å². The van der Waals surface area contributed by atoms with E-state index in [0.29, 0.717) is 17.4 Å². The van der Waals surface area contributed by atoms with Gasteiger partial charge in [0.2, 0.25) is 15.9 Å². The summed E-state index contributed by atoms with van der Waals surface area (Å²) in [6, 6.07) is 14.1. The number of amides is 1. The molecule has 33 heavy (non-hydrogen) atoms. The van der Waals surface area contributed by atoms with Crippen molar-refractivity contribution >= 4 is 21.6 Å². The maximum Gasteiger partial charge on any atom is 0.242 e. The van der Waals surface area contributed by atoms with Crippen LogP contribution in [0.15, 0.2) is 71.6 Å². The van der Waals surface area contributed by atoms with Crippen LogP contribution in [0.2, 0.25) is 0 Å². The number of nitrogens with one attached hydrogen (secondary N) is 2. The zero-order chi connectivity index (χ0) is 24.0. The first-order valence-electron chi connectivity index (χ1n) is 9.77. The summed E-state index contributed by atoms with van der Waals surface area (Å²) in [5.74, 6) is -2.07. The molecule has 3 aromatic carbocycles. The standard InChI is InChI=1S/C23H22F2N2O5S/c1-31-21-11-9-17(14-22(21)32-2)33(29,30)27-20(12-15-6-4-3-5-7-15)23(28)26-19-10-8-16(24)13-18(19)25/h3-11,13-14,20,27H,12H2,1-2H3,(H,26,28)/t20-/m1/s1. The van der Waals surface area contributed by atoms with Crippen LogP contribution in [-0.2, 0) is 21.2 Å². The number of sulfonamides is 1. The van der Waals surface area contributed by atoms with Crippen molar-refractivity contribution in [2.75, 3.05) is 19.5 Å². The minimum Gasteiger partial charge on any atom is -0.493 e. The summed E-state index contributed by atoms with van der Waals surface area (Å²) < 4.78 is 66.0. The Bertz CT molecular complexity index is 1240. The molecular weight excluding hydrogens is 454 g/mol. The predicted octanol–water partition coefficient (Wildman–Crippen LogP) is 3.51. The fourth-order valence-electron chi connectivity index (χ4n) is 3.09. The van der Waals surface area contributed by atoms with E-state index in [1.165, 1.54) is 32.4 Å². The minimum atomic E-state index is -4.19. The molecule has 3 aromatic rings. The molecular formula is C23H22F2N2O5S. The lowest BCUT2D eigenvalue weighted by atomic mass is 10.1. The van der Waals surface area contributed by atoms with E-state index in [4.69, 9.17) is 9.47 Å². The smallest absolute Gasteiger partial charge is 0.242 e. The van der Waals surface area contributed by atoms with Crippen molar-refractivity contribution in [3.05, 3.63) is 83.9 Å². The average molecular weight is 477 g/mol. The molecule has 0 aliphatic carbocycles. The lowest BCUT2D eigenvalue weighted by Crippen LogP contribution is -2.45. The van der Waals surface area contributed by atoms with Gasteiger partial charge < -0.3 is 14.8 Å². The van der Waals surface area contributed by atoms with E-state index in [2.05, 4.69) is 10.0 Å². The van der Waals surface area contributed by atoms with E-state index in [0.717, 1.165) is 12.1 Å². The van der Waals surface area contributed by atoms with Crippen molar-refractivity contribution in [3.63, 3.8) is 0 Å². The number of ether oxygens (including phenoxy) is 2. The number of hydrogen-bond acceptors (Lipinski definition) is 5. The van der Waals surface area contributed by atoms with Crippen molar-refractivity contribution in [1.82, 2.24) is 4.72 Å². The first-order chi connectivity index (χ1) is 15.7. The van der Waals surface area contributed by atoms with Gasteiger partial charge in [0.15, 0.2) is 11.5 Å². The second kappa shape index (κ2) is 10.4. The van der Waals surface area contributed by atoms with Gasteiger partial charge in [-0.2, -0.15) is 4.72 Å². The predicted molar refractivity (Wildman–Crippen MR) is 119 cm³/mol. The number of carbonyl (C=O) groups excluding carboxylic acids is 1. The fourth-order valence-corrected chi connectivity index (χ4v) is 4.30. The quantitative estimate of drug-likeness (QED) is 0.493. The Kier molecular flexibility index (Phi) is 7.62. The highest BCUT2D eigenvalue weighted by molar-refractivity contribution is 7.89. The van der Waals surface area contributed by atoms with Crippen LogP contribution in [0.5, 0.6) is 11.5 Å². The number of hydrogen-bond donors (Lipinski definition) is 2. The van der Waals surface area contributed by atoms with Gasteiger partial charge in [0.05, 0.1) is 24.8 Å². The lowest BCUT2D eigenvalue weighted by molar-refractivity contribution is -0.117. The molecule has 0 radical (unpaired) electrons. The van der Waals surface area contributed by atoms with Crippen molar-refractivity contribution in [3.8, 4) is 11.5 Å². The van der Waals surface area contributed by atoms with E-state index in [-0.39, 0.29) is 22.8 Å². The number of anilines is 1. The highest BCUT2D eigenvalue weighted by atomic mass is 32.2. The van der Waals surface area contributed by atoms with E-state index < -0.39 is 33.6 Å². The van der Waals surface area contributed by atoms with Crippen molar-refractivity contribution in [2.45, 2.75) is 17.4 Å². The van der Waals surface area contributed by atoms with Gasteiger partial charge in [-0.15, -0.1) is 0 Å². The Labute approximate surface area is 190 Å². The molecule has 10 heteroatoms. The van der Waals surface area contributed by atoms with Crippen molar-refractivity contribution in [1.29, 1.82) is 0 Å². The monoisotopic (exact) mass is 476 g/mol. The third-order valence-corrected chi connectivity index (χ3v) is 6.22. The normalized spacial score (nSPS) is 12.1. The Morgan fingerprint density at radius 1 is 0.939 bits per heavy atom. The Hall–Kier alpha value is -3.50.